The van der Waals surface area contributed by atoms with Crippen molar-refractivity contribution in [3.05, 3.63) is 35.1 Å². The third kappa shape index (κ3) is 3.50. The average Bonchev–Trinajstić information content (AvgIpc) is 2.22. The van der Waals surface area contributed by atoms with E-state index in [1.54, 1.807) is 6.07 Å². The van der Waals surface area contributed by atoms with E-state index in [1.165, 1.54) is 25.3 Å². The molecule has 1 aromatic carbocycles. The van der Waals surface area contributed by atoms with Crippen molar-refractivity contribution in [2.45, 2.75) is 25.8 Å². The number of benzene rings is 1. The fourth-order valence-corrected chi connectivity index (χ4v) is 2.49. The maximum Gasteiger partial charge on any atom is 0.124 e. The van der Waals surface area contributed by atoms with Gasteiger partial charge in [-0.2, -0.15) is 0 Å². The summed E-state index contributed by atoms with van der Waals surface area (Å²) >= 11 is 4.89. The highest BCUT2D eigenvalue weighted by Gasteiger charge is 2.19. The summed E-state index contributed by atoms with van der Waals surface area (Å²) < 4.78 is 13.4. The van der Waals surface area contributed by atoms with Crippen molar-refractivity contribution in [2.24, 2.45) is 11.7 Å². The SMILES string of the molecule is CN(Cc1cc(F)cc(C(N)=S)c1)CC1CCC1. The van der Waals surface area contributed by atoms with Crippen LogP contribution in [0.1, 0.15) is 30.4 Å². The molecule has 2 nitrogen and oxygen atoms in total. The van der Waals surface area contributed by atoms with E-state index in [-0.39, 0.29) is 10.8 Å². The number of nitrogens with two attached hydrogens (primary N) is 1. The molecule has 1 fully saturated rings. The van der Waals surface area contributed by atoms with Crippen LogP contribution in [0.4, 0.5) is 4.39 Å². The van der Waals surface area contributed by atoms with Gasteiger partial charge in [0.25, 0.3) is 0 Å². The summed E-state index contributed by atoms with van der Waals surface area (Å²) in [5.41, 5.74) is 7.08. The minimum atomic E-state index is -0.271. The topological polar surface area (TPSA) is 29.3 Å². The van der Waals surface area contributed by atoms with Gasteiger partial charge in [0.2, 0.25) is 0 Å². The highest BCUT2D eigenvalue weighted by molar-refractivity contribution is 7.80. The molecule has 0 unspecified atom stereocenters. The molecule has 1 aromatic rings. The molecule has 98 valence electrons. The predicted octanol–water partition coefficient (Wildman–Crippen LogP) is 2.69. The van der Waals surface area contributed by atoms with Gasteiger partial charge < -0.3 is 10.6 Å². The fraction of sp³-hybridized carbons (Fsp3) is 0.500. The van der Waals surface area contributed by atoms with Gasteiger partial charge >= 0.3 is 0 Å². The Morgan fingerprint density at radius 1 is 1.44 bits per heavy atom. The van der Waals surface area contributed by atoms with Crippen LogP contribution < -0.4 is 5.73 Å². The molecule has 0 aromatic heterocycles. The van der Waals surface area contributed by atoms with Crippen LogP contribution >= 0.6 is 12.2 Å². The van der Waals surface area contributed by atoms with E-state index in [4.69, 9.17) is 18.0 Å². The fourth-order valence-electron chi connectivity index (χ4n) is 2.38. The van der Waals surface area contributed by atoms with Crippen LogP contribution in [0.25, 0.3) is 0 Å². The first-order chi connectivity index (χ1) is 8.54. The van der Waals surface area contributed by atoms with Crippen LogP contribution in [-0.2, 0) is 6.54 Å². The second-order valence-electron chi connectivity index (χ2n) is 5.21. The van der Waals surface area contributed by atoms with Crippen LogP contribution in [0.15, 0.2) is 18.2 Å². The maximum atomic E-state index is 13.4. The molecule has 2 N–H and O–H groups in total. The van der Waals surface area contributed by atoms with Crippen molar-refractivity contribution < 1.29 is 4.39 Å². The first-order valence-corrected chi connectivity index (χ1v) is 6.73. The van der Waals surface area contributed by atoms with Gasteiger partial charge in [-0.3, -0.25) is 0 Å². The second-order valence-corrected chi connectivity index (χ2v) is 5.65. The molecule has 0 heterocycles. The lowest BCUT2D eigenvalue weighted by Crippen LogP contribution is -2.29. The third-order valence-corrected chi connectivity index (χ3v) is 3.72. The first-order valence-electron chi connectivity index (χ1n) is 6.32. The Labute approximate surface area is 113 Å². The van der Waals surface area contributed by atoms with Crippen LogP contribution in [0, 0.1) is 11.7 Å². The Balaban J connectivity index is 2.00. The van der Waals surface area contributed by atoms with E-state index in [0.717, 1.165) is 24.6 Å². The molecule has 0 bridgehead atoms. The summed E-state index contributed by atoms with van der Waals surface area (Å²) in [5, 5.41) is 0. The number of hydrogen-bond acceptors (Lipinski definition) is 2. The Hall–Kier alpha value is -1.00. The number of thiocarbonyl (C=S) groups is 1. The second kappa shape index (κ2) is 5.76. The summed E-state index contributed by atoms with van der Waals surface area (Å²) in [7, 11) is 2.07. The molecule has 0 atom stereocenters. The van der Waals surface area contributed by atoms with E-state index in [9.17, 15) is 4.39 Å². The van der Waals surface area contributed by atoms with E-state index in [1.807, 2.05) is 6.07 Å². The predicted molar refractivity (Wildman–Crippen MR) is 76.0 cm³/mol. The summed E-state index contributed by atoms with van der Waals surface area (Å²) in [6.45, 7) is 1.82. The molecule has 1 aliphatic carbocycles. The van der Waals surface area contributed by atoms with Crippen molar-refractivity contribution >= 4 is 17.2 Å². The van der Waals surface area contributed by atoms with Gasteiger partial charge in [-0.15, -0.1) is 0 Å². The van der Waals surface area contributed by atoms with Gasteiger partial charge in [-0.25, -0.2) is 4.39 Å². The number of rotatable bonds is 5. The molecule has 4 heteroatoms. The normalized spacial score (nSPS) is 15.7. The number of halogens is 1. The minimum Gasteiger partial charge on any atom is -0.389 e. The zero-order chi connectivity index (χ0) is 13.1. The standard InChI is InChI=1S/C14H19FN2S/c1-17(8-10-3-2-4-10)9-11-5-12(14(16)18)7-13(15)6-11/h5-7,10H,2-4,8-9H2,1H3,(H2,16,18). The molecule has 1 saturated carbocycles. The van der Waals surface area contributed by atoms with E-state index in [0.29, 0.717) is 5.56 Å². The summed E-state index contributed by atoms with van der Waals surface area (Å²) in [6, 6.07) is 4.82. The van der Waals surface area contributed by atoms with E-state index < -0.39 is 0 Å². The van der Waals surface area contributed by atoms with Crippen molar-refractivity contribution in [2.75, 3.05) is 13.6 Å². The molecular formula is C14H19FN2S. The van der Waals surface area contributed by atoms with Crippen molar-refractivity contribution in [1.82, 2.24) is 4.90 Å². The molecule has 0 saturated heterocycles. The van der Waals surface area contributed by atoms with Gasteiger partial charge in [0.1, 0.15) is 10.8 Å². The molecule has 0 amide bonds. The largest absolute Gasteiger partial charge is 0.389 e. The highest BCUT2D eigenvalue weighted by Crippen LogP contribution is 2.27. The monoisotopic (exact) mass is 266 g/mol. The Bertz CT molecular complexity index is 443. The van der Waals surface area contributed by atoms with Gasteiger partial charge in [0, 0.05) is 18.7 Å². The smallest absolute Gasteiger partial charge is 0.124 e. The molecular weight excluding hydrogens is 247 g/mol. The van der Waals surface area contributed by atoms with Crippen molar-refractivity contribution in [1.29, 1.82) is 0 Å². The molecule has 0 radical (unpaired) electrons. The average molecular weight is 266 g/mol. The lowest BCUT2D eigenvalue weighted by Gasteiger charge is -2.30. The van der Waals surface area contributed by atoms with Gasteiger partial charge in [-0.05, 0) is 49.6 Å². The Morgan fingerprint density at radius 2 is 2.17 bits per heavy atom. The Kier molecular flexibility index (Phi) is 4.30. The molecule has 1 aliphatic rings. The van der Waals surface area contributed by atoms with Gasteiger partial charge in [-0.1, -0.05) is 18.6 Å². The lowest BCUT2D eigenvalue weighted by molar-refractivity contribution is 0.200. The summed E-state index contributed by atoms with van der Waals surface area (Å²) in [4.78, 5) is 2.49. The lowest BCUT2D eigenvalue weighted by atomic mass is 9.85. The highest BCUT2D eigenvalue weighted by atomic mass is 32.1. The van der Waals surface area contributed by atoms with E-state index in [2.05, 4.69) is 11.9 Å². The molecule has 18 heavy (non-hydrogen) atoms. The maximum absolute atomic E-state index is 13.4. The van der Waals surface area contributed by atoms with Crippen LogP contribution in [0.2, 0.25) is 0 Å². The van der Waals surface area contributed by atoms with Crippen LogP contribution in [-0.4, -0.2) is 23.5 Å². The van der Waals surface area contributed by atoms with Crippen molar-refractivity contribution in [3.63, 3.8) is 0 Å². The van der Waals surface area contributed by atoms with Gasteiger partial charge in [0.15, 0.2) is 0 Å². The quantitative estimate of drug-likeness (QED) is 0.831. The minimum absolute atomic E-state index is 0.248. The summed E-state index contributed by atoms with van der Waals surface area (Å²) in [5.74, 6) is 0.547. The molecule has 2 rings (SSSR count). The Morgan fingerprint density at radius 3 is 2.72 bits per heavy atom. The summed E-state index contributed by atoms with van der Waals surface area (Å²) in [6.07, 6.45) is 4.00. The molecule has 0 spiro atoms. The molecule has 0 aliphatic heterocycles. The first kappa shape index (κ1) is 13.4. The zero-order valence-electron chi connectivity index (χ0n) is 10.7. The third-order valence-electron chi connectivity index (χ3n) is 3.49. The van der Waals surface area contributed by atoms with Crippen molar-refractivity contribution in [3.8, 4) is 0 Å². The zero-order valence-corrected chi connectivity index (χ0v) is 11.5. The van der Waals surface area contributed by atoms with Crippen LogP contribution in [0.3, 0.4) is 0 Å². The van der Waals surface area contributed by atoms with E-state index >= 15 is 0 Å². The number of hydrogen-bond donors (Lipinski definition) is 1. The van der Waals surface area contributed by atoms with Crippen LogP contribution in [0.5, 0.6) is 0 Å². The number of nitrogens with zero attached hydrogens (tertiary/aromatic N) is 1. The van der Waals surface area contributed by atoms with Gasteiger partial charge in [0.05, 0.1) is 0 Å².